The Balaban J connectivity index is 2.17. The zero-order valence-corrected chi connectivity index (χ0v) is 10.9. The molecule has 0 aromatic heterocycles. The van der Waals surface area contributed by atoms with Crippen LogP contribution >= 0.6 is 0 Å². The molecule has 1 fully saturated rings. The second-order valence-electron chi connectivity index (χ2n) is 5.49. The van der Waals surface area contributed by atoms with Crippen LogP contribution in [-0.2, 0) is 0 Å². The first-order chi connectivity index (χ1) is 9.06. The summed E-state index contributed by atoms with van der Waals surface area (Å²) in [6.07, 6.45) is 5.26. The average Bonchev–Trinajstić information content (AvgIpc) is 2.42. The lowest BCUT2D eigenvalue weighted by atomic mass is 9.70. The third-order valence-electron chi connectivity index (χ3n) is 4.11. The van der Waals surface area contributed by atoms with Gasteiger partial charge in [-0.05, 0) is 43.0 Å². The van der Waals surface area contributed by atoms with Crippen LogP contribution < -0.4 is 5.73 Å². The topological polar surface area (TPSA) is 43.1 Å². The third-order valence-corrected chi connectivity index (χ3v) is 4.11. The van der Waals surface area contributed by atoms with Crippen LogP contribution in [0.4, 0.5) is 8.78 Å². The van der Waals surface area contributed by atoms with Crippen molar-refractivity contribution in [3.63, 3.8) is 0 Å². The van der Waals surface area contributed by atoms with Crippen LogP contribution in [0.2, 0.25) is 0 Å². The fourth-order valence-corrected chi connectivity index (χ4v) is 2.90. The summed E-state index contributed by atoms with van der Waals surface area (Å²) in [5.41, 5.74) is 5.43. The number of ketones is 1. The minimum Gasteiger partial charge on any atom is -0.330 e. The molecule has 0 bridgehead atoms. The summed E-state index contributed by atoms with van der Waals surface area (Å²) in [7, 11) is 0. The molecule has 0 saturated heterocycles. The second kappa shape index (κ2) is 5.78. The maximum absolute atomic E-state index is 13.6. The van der Waals surface area contributed by atoms with Crippen LogP contribution in [0.1, 0.15) is 48.9 Å². The number of carbonyl (C=O) groups is 1. The van der Waals surface area contributed by atoms with E-state index in [-0.39, 0.29) is 23.2 Å². The first-order valence-electron chi connectivity index (χ1n) is 6.75. The van der Waals surface area contributed by atoms with E-state index in [1.165, 1.54) is 0 Å². The standard InChI is InChI=1S/C15H19F2NO/c16-11-4-5-13(17)12(8-11)14(19)9-15(10-18)6-2-1-3-7-15/h4-5,8H,1-3,6-7,9-10,18H2. The van der Waals surface area contributed by atoms with Crippen molar-refractivity contribution in [2.24, 2.45) is 11.1 Å². The molecule has 1 aliphatic rings. The molecule has 2 rings (SSSR count). The third kappa shape index (κ3) is 3.18. The normalized spacial score (nSPS) is 18.3. The fraction of sp³-hybridized carbons (Fsp3) is 0.533. The highest BCUT2D eigenvalue weighted by atomic mass is 19.1. The van der Waals surface area contributed by atoms with Gasteiger partial charge in [-0.15, -0.1) is 0 Å². The smallest absolute Gasteiger partial charge is 0.166 e. The summed E-state index contributed by atoms with van der Waals surface area (Å²) in [6, 6.07) is 2.99. The maximum atomic E-state index is 13.6. The van der Waals surface area contributed by atoms with E-state index in [9.17, 15) is 13.6 Å². The molecule has 4 heteroatoms. The van der Waals surface area contributed by atoms with Crippen LogP contribution in [0.3, 0.4) is 0 Å². The minimum absolute atomic E-state index is 0.154. The average molecular weight is 267 g/mol. The lowest BCUT2D eigenvalue weighted by Crippen LogP contribution is -2.35. The number of halogens is 2. The van der Waals surface area contributed by atoms with Crippen LogP contribution in [0.5, 0.6) is 0 Å². The highest BCUT2D eigenvalue weighted by Gasteiger charge is 2.33. The Morgan fingerprint density at radius 1 is 1.21 bits per heavy atom. The molecule has 0 heterocycles. The number of rotatable bonds is 4. The molecule has 0 spiro atoms. The van der Waals surface area contributed by atoms with E-state index >= 15 is 0 Å². The van der Waals surface area contributed by atoms with E-state index < -0.39 is 11.6 Å². The first-order valence-corrected chi connectivity index (χ1v) is 6.75. The number of hydrogen-bond acceptors (Lipinski definition) is 2. The number of nitrogens with two attached hydrogens (primary N) is 1. The fourth-order valence-electron chi connectivity index (χ4n) is 2.90. The number of benzene rings is 1. The molecule has 1 aliphatic carbocycles. The van der Waals surface area contributed by atoms with Gasteiger partial charge in [-0.25, -0.2) is 8.78 Å². The van der Waals surface area contributed by atoms with E-state index in [4.69, 9.17) is 5.73 Å². The zero-order chi connectivity index (χ0) is 13.9. The van der Waals surface area contributed by atoms with Crippen molar-refractivity contribution in [2.45, 2.75) is 38.5 Å². The number of carbonyl (C=O) groups excluding carboxylic acids is 1. The lowest BCUT2D eigenvalue weighted by Gasteiger charge is -2.35. The molecule has 0 radical (unpaired) electrons. The summed E-state index contributed by atoms with van der Waals surface area (Å²) in [4.78, 5) is 12.2. The zero-order valence-electron chi connectivity index (χ0n) is 10.9. The van der Waals surface area contributed by atoms with Crippen molar-refractivity contribution in [2.75, 3.05) is 6.54 Å². The van der Waals surface area contributed by atoms with Gasteiger partial charge in [-0.2, -0.15) is 0 Å². The van der Waals surface area contributed by atoms with Crippen molar-refractivity contribution >= 4 is 5.78 Å². The Morgan fingerprint density at radius 3 is 2.53 bits per heavy atom. The van der Waals surface area contributed by atoms with Gasteiger partial charge in [-0.1, -0.05) is 19.3 Å². The largest absolute Gasteiger partial charge is 0.330 e. The van der Waals surface area contributed by atoms with Gasteiger partial charge in [0.1, 0.15) is 11.6 Å². The van der Waals surface area contributed by atoms with Gasteiger partial charge in [0.05, 0.1) is 5.56 Å². The van der Waals surface area contributed by atoms with Crippen molar-refractivity contribution in [3.05, 3.63) is 35.4 Å². The predicted octanol–water partition coefficient (Wildman–Crippen LogP) is 3.45. The number of hydrogen-bond donors (Lipinski definition) is 1. The highest BCUT2D eigenvalue weighted by Crippen LogP contribution is 2.39. The van der Waals surface area contributed by atoms with Crippen molar-refractivity contribution in [1.29, 1.82) is 0 Å². The molecule has 0 atom stereocenters. The molecule has 2 nitrogen and oxygen atoms in total. The summed E-state index contributed by atoms with van der Waals surface area (Å²) in [6.45, 7) is 0.426. The predicted molar refractivity (Wildman–Crippen MR) is 69.9 cm³/mol. The molecular weight excluding hydrogens is 248 g/mol. The highest BCUT2D eigenvalue weighted by molar-refractivity contribution is 5.96. The molecule has 0 unspecified atom stereocenters. The Labute approximate surface area is 112 Å². The Hall–Kier alpha value is -1.29. The van der Waals surface area contributed by atoms with E-state index in [1.54, 1.807) is 0 Å². The molecule has 104 valence electrons. The van der Waals surface area contributed by atoms with Gasteiger partial charge in [0.2, 0.25) is 0 Å². The summed E-state index contributed by atoms with van der Waals surface area (Å²) >= 11 is 0. The van der Waals surface area contributed by atoms with E-state index in [1.807, 2.05) is 0 Å². The molecule has 0 amide bonds. The van der Waals surface area contributed by atoms with Crippen molar-refractivity contribution < 1.29 is 13.6 Å². The van der Waals surface area contributed by atoms with Crippen LogP contribution in [-0.4, -0.2) is 12.3 Å². The number of Topliss-reactive ketones (excluding diaryl/α,β-unsaturated/α-hetero) is 1. The summed E-state index contributed by atoms with van der Waals surface area (Å²) < 4.78 is 26.7. The van der Waals surface area contributed by atoms with Gasteiger partial charge in [-0.3, -0.25) is 4.79 Å². The van der Waals surface area contributed by atoms with Crippen molar-refractivity contribution in [1.82, 2.24) is 0 Å². The van der Waals surface area contributed by atoms with Gasteiger partial charge in [0, 0.05) is 6.42 Å². The molecule has 19 heavy (non-hydrogen) atoms. The van der Waals surface area contributed by atoms with E-state index in [0.29, 0.717) is 6.54 Å². The molecule has 1 saturated carbocycles. The molecule has 0 aliphatic heterocycles. The minimum atomic E-state index is -0.658. The Morgan fingerprint density at radius 2 is 1.89 bits per heavy atom. The maximum Gasteiger partial charge on any atom is 0.166 e. The Kier molecular flexibility index (Phi) is 4.30. The van der Waals surface area contributed by atoms with E-state index in [2.05, 4.69) is 0 Å². The quantitative estimate of drug-likeness (QED) is 0.849. The summed E-state index contributed by atoms with van der Waals surface area (Å²) in [5.74, 6) is -1.59. The van der Waals surface area contributed by atoms with Gasteiger partial charge >= 0.3 is 0 Å². The van der Waals surface area contributed by atoms with Gasteiger partial charge in [0.25, 0.3) is 0 Å². The molecular formula is C15H19F2NO. The molecule has 1 aromatic carbocycles. The molecule has 2 N–H and O–H groups in total. The SMILES string of the molecule is NCC1(CC(=O)c2cc(F)ccc2F)CCCCC1. The lowest BCUT2D eigenvalue weighted by molar-refractivity contribution is 0.0863. The summed E-state index contributed by atoms with van der Waals surface area (Å²) in [5, 5.41) is 0. The van der Waals surface area contributed by atoms with Crippen LogP contribution in [0.15, 0.2) is 18.2 Å². The molecule has 1 aromatic rings. The van der Waals surface area contributed by atoms with Crippen LogP contribution in [0, 0.1) is 17.0 Å². The van der Waals surface area contributed by atoms with Gasteiger partial charge in [0.15, 0.2) is 5.78 Å². The van der Waals surface area contributed by atoms with E-state index in [0.717, 1.165) is 50.3 Å². The first kappa shape index (κ1) is 14.1. The van der Waals surface area contributed by atoms with Gasteiger partial charge < -0.3 is 5.73 Å². The monoisotopic (exact) mass is 267 g/mol. The Bertz CT molecular complexity index is 467. The second-order valence-corrected chi connectivity index (χ2v) is 5.49. The van der Waals surface area contributed by atoms with Crippen molar-refractivity contribution in [3.8, 4) is 0 Å². The van der Waals surface area contributed by atoms with Crippen LogP contribution in [0.25, 0.3) is 0 Å².